The van der Waals surface area contributed by atoms with Gasteiger partial charge in [-0.15, -0.1) is 0 Å². The van der Waals surface area contributed by atoms with Crippen LogP contribution in [0.3, 0.4) is 0 Å². The molecule has 0 atom stereocenters. The van der Waals surface area contributed by atoms with Crippen LogP contribution in [0.2, 0.25) is 0 Å². The average Bonchev–Trinajstić information content (AvgIpc) is 2.71. The number of carbonyl (C=O) groups is 1. The van der Waals surface area contributed by atoms with Crippen molar-refractivity contribution >= 4 is 81.3 Å². The maximum atomic E-state index is 11.7. The van der Waals surface area contributed by atoms with Crippen LogP contribution in [0.25, 0.3) is 22.5 Å². The second-order valence-electron chi connectivity index (χ2n) is 6.17. The number of nitrogens with zero attached hydrogens (tertiary/aromatic N) is 4. The maximum absolute atomic E-state index is 11.7. The number of nitro groups is 1. The molecule has 0 fully saturated rings. The van der Waals surface area contributed by atoms with Crippen LogP contribution >= 0.6 is 69.6 Å². The largest absolute Gasteiger partial charge is 0.478 e. The Morgan fingerprint density at radius 3 is 1.78 bits per heavy atom. The summed E-state index contributed by atoms with van der Waals surface area (Å²) in [5, 5.41) is 20.5. The number of hydrogen-bond acceptors (Lipinski definition) is 6. The van der Waals surface area contributed by atoms with Crippen molar-refractivity contribution in [2.75, 3.05) is 0 Å². The van der Waals surface area contributed by atoms with Crippen molar-refractivity contribution in [3.8, 4) is 22.5 Å². The molecule has 0 saturated carbocycles. The standard InChI is InChI=1S/C18H8Cl6N4O4/c19-17(20,21)15-25-13(26-16(27-15)18(22,23)24)9-3-6-11(14(29)30)12(7-9)8-1-4-10(5-2-8)28(31)32/h1-7H,(H,29,30). The van der Waals surface area contributed by atoms with Gasteiger partial charge in [0.2, 0.25) is 7.59 Å². The highest BCUT2D eigenvalue weighted by molar-refractivity contribution is 6.67. The Balaban J connectivity index is 2.22. The Morgan fingerprint density at radius 2 is 1.34 bits per heavy atom. The first-order chi connectivity index (χ1) is 14.8. The lowest BCUT2D eigenvalue weighted by Gasteiger charge is -2.16. The predicted molar refractivity (Wildman–Crippen MR) is 123 cm³/mol. The lowest BCUT2D eigenvalue weighted by atomic mass is 9.96. The van der Waals surface area contributed by atoms with E-state index >= 15 is 0 Å². The van der Waals surface area contributed by atoms with Crippen LogP contribution in [0.5, 0.6) is 0 Å². The predicted octanol–water partition coefficient (Wildman–Crippen LogP) is 6.47. The van der Waals surface area contributed by atoms with Crippen molar-refractivity contribution in [1.82, 2.24) is 15.0 Å². The number of hydrogen-bond donors (Lipinski definition) is 1. The zero-order chi connectivity index (χ0) is 23.8. The number of aromatic nitrogens is 3. The highest BCUT2D eigenvalue weighted by atomic mass is 35.6. The minimum absolute atomic E-state index is 0.0530. The first kappa shape index (κ1) is 24.7. The number of halogens is 6. The van der Waals surface area contributed by atoms with E-state index in [0.717, 1.165) is 0 Å². The summed E-state index contributed by atoms with van der Waals surface area (Å²) in [7, 11) is 0. The van der Waals surface area contributed by atoms with Gasteiger partial charge >= 0.3 is 5.97 Å². The second-order valence-corrected chi connectivity index (χ2v) is 10.7. The molecular formula is C18H8Cl6N4O4. The normalized spacial score (nSPS) is 11.9. The number of alkyl halides is 6. The van der Waals surface area contributed by atoms with Crippen molar-refractivity contribution < 1.29 is 14.8 Å². The summed E-state index contributed by atoms with van der Waals surface area (Å²) in [4.78, 5) is 34.2. The van der Waals surface area contributed by atoms with Gasteiger partial charge in [-0.25, -0.2) is 19.7 Å². The Morgan fingerprint density at radius 1 is 0.844 bits per heavy atom. The van der Waals surface area contributed by atoms with Gasteiger partial charge in [-0.3, -0.25) is 10.1 Å². The minimum atomic E-state index is -2.06. The number of rotatable bonds is 4. The molecule has 3 rings (SSSR count). The Labute approximate surface area is 210 Å². The number of carboxylic acid groups (broad SMARTS) is 1. The second kappa shape index (κ2) is 9.13. The summed E-state index contributed by atoms with van der Waals surface area (Å²) >= 11 is 35.3. The first-order valence-corrected chi connectivity index (χ1v) is 10.6. The van der Waals surface area contributed by atoms with Crippen LogP contribution < -0.4 is 0 Å². The molecule has 32 heavy (non-hydrogen) atoms. The van der Waals surface area contributed by atoms with Crippen molar-refractivity contribution in [2.45, 2.75) is 7.59 Å². The third-order valence-corrected chi connectivity index (χ3v) is 5.05. The fourth-order valence-electron chi connectivity index (χ4n) is 2.63. The molecule has 0 bridgehead atoms. The summed E-state index contributed by atoms with van der Waals surface area (Å²) in [5.74, 6) is -1.90. The van der Waals surface area contributed by atoms with Crippen LogP contribution in [-0.2, 0) is 7.59 Å². The Hall–Kier alpha value is -1.94. The van der Waals surface area contributed by atoms with E-state index in [1.165, 1.54) is 42.5 Å². The number of carboxylic acids is 1. The van der Waals surface area contributed by atoms with Crippen molar-refractivity contribution in [2.24, 2.45) is 0 Å². The molecule has 0 radical (unpaired) electrons. The molecule has 1 heterocycles. The molecule has 0 saturated heterocycles. The monoisotopic (exact) mass is 554 g/mol. The molecule has 0 aliphatic rings. The molecule has 8 nitrogen and oxygen atoms in total. The molecule has 1 aromatic heterocycles. The highest BCUT2D eigenvalue weighted by Gasteiger charge is 2.34. The molecule has 3 aromatic rings. The maximum Gasteiger partial charge on any atom is 0.336 e. The number of aromatic carboxylic acids is 1. The van der Waals surface area contributed by atoms with Crippen molar-refractivity contribution in [1.29, 1.82) is 0 Å². The summed E-state index contributed by atoms with van der Waals surface area (Å²) in [6, 6.07) is 9.49. The third kappa shape index (κ3) is 5.51. The summed E-state index contributed by atoms with van der Waals surface area (Å²) in [6.45, 7) is 0. The van der Waals surface area contributed by atoms with E-state index in [1.54, 1.807) is 0 Å². The van der Waals surface area contributed by atoms with E-state index in [1.807, 2.05) is 0 Å². The van der Waals surface area contributed by atoms with Crippen LogP contribution in [-0.4, -0.2) is 31.0 Å². The van der Waals surface area contributed by atoms with Crippen LogP contribution in [0, 0.1) is 10.1 Å². The summed E-state index contributed by atoms with van der Waals surface area (Å²) in [6.07, 6.45) is 0. The summed E-state index contributed by atoms with van der Waals surface area (Å²) < 4.78 is -4.13. The van der Waals surface area contributed by atoms with E-state index < -0.39 is 18.5 Å². The Bertz CT molecular complexity index is 1180. The molecule has 0 aliphatic heterocycles. The lowest BCUT2D eigenvalue weighted by molar-refractivity contribution is -0.384. The van der Waals surface area contributed by atoms with Gasteiger partial charge in [0, 0.05) is 17.7 Å². The molecule has 0 unspecified atom stereocenters. The zero-order valence-electron chi connectivity index (χ0n) is 15.3. The van der Waals surface area contributed by atoms with Crippen LogP contribution in [0.15, 0.2) is 42.5 Å². The molecule has 0 amide bonds. The fraction of sp³-hybridized carbons (Fsp3) is 0.111. The van der Waals surface area contributed by atoms with E-state index in [2.05, 4.69) is 15.0 Å². The van der Waals surface area contributed by atoms with Gasteiger partial charge in [0.1, 0.15) is 0 Å². The molecule has 2 aromatic carbocycles. The topological polar surface area (TPSA) is 119 Å². The molecule has 1 N–H and O–H groups in total. The smallest absolute Gasteiger partial charge is 0.336 e. The van der Waals surface area contributed by atoms with Crippen molar-refractivity contribution in [3.63, 3.8) is 0 Å². The van der Waals surface area contributed by atoms with Gasteiger partial charge in [-0.05, 0) is 35.4 Å². The van der Waals surface area contributed by atoms with Crippen molar-refractivity contribution in [3.05, 3.63) is 69.8 Å². The van der Waals surface area contributed by atoms with E-state index in [9.17, 15) is 20.0 Å². The van der Waals surface area contributed by atoms with Crippen LogP contribution in [0.1, 0.15) is 22.0 Å². The van der Waals surface area contributed by atoms with E-state index in [4.69, 9.17) is 69.6 Å². The molecular weight excluding hydrogens is 549 g/mol. The van der Waals surface area contributed by atoms with Gasteiger partial charge in [-0.2, -0.15) is 0 Å². The van der Waals surface area contributed by atoms with Crippen LogP contribution in [0.4, 0.5) is 5.69 Å². The lowest BCUT2D eigenvalue weighted by Crippen LogP contribution is -2.16. The van der Waals surface area contributed by atoms with E-state index in [0.29, 0.717) is 5.56 Å². The fourth-order valence-corrected chi connectivity index (χ4v) is 3.14. The Kier molecular flexibility index (Phi) is 7.05. The third-order valence-electron chi connectivity index (χ3n) is 4.04. The number of nitro benzene ring substituents is 1. The first-order valence-electron chi connectivity index (χ1n) is 8.30. The minimum Gasteiger partial charge on any atom is -0.478 e. The van der Waals surface area contributed by atoms with Gasteiger partial charge in [0.15, 0.2) is 17.5 Å². The summed E-state index contributed by atoms with van der Waals surface area (Å²) in [5.41, 5.74) is 0.693. The van der Waals surface area contributed by atoms with Gasteiger partial charge in [-0.1, -0.05) is 75.7 Å². The molecule has 166 valence electrons. The average molecular weight is 557 g/mol. The SMILES string of the molecule is O=C(O)c1ccc(-c2nc(C(Cl)(Cl)Cl)nc(C(Cl)(Cl)Cl)n2)cc1-c1ccc([N+](=O)[O-])cc1. The number of benzene rings is 2. The van der Waals surface area contributed by atoms with Gasteiger partial charge in [0.25, 0.3) is 5.69 Å². The molecule has 0 aliphatic carbocycles. The number of non-ortho nitro benzene ring substituents is 1. The van der Waals surface area contributed by atoms with Gasteiger partial charge < -0.3 is 5.11 Å². The molecule has 14 heteroatoms. The zero-order valence-corrected chi connectivity index (χ0v) is 19.8. The quantitative estimate of drug-likeness (QED) is 0.222. The van der Waals surface area contributed by atoms with E-state index in [-0.39, 0.29) is 39.9 Å². The molecule has 0 spiro atoms. The highest BCUT2D eigenvalue weighted by Crippen LogP contribution is 2.41. The van der Waals surface area contributed by atoms with Gasteiger partial charge in [0.05, 0.1) is 10.5 Å².